The summed E-state index contributed by atoms with van der Waals surface area (Å²) in [4.78, 5) is 6.82. The number of hydrogen-bond donors (Lipinski definition) is 1. The number of aryl methyl sites for hydroxylation is 1. The zero-order valence-corrected chi connectivity index (χ0v) is 11.8. The van der Waals surface area contributed by atoms with Crippen LogP contribution in [0.4, 0.5) is 0 Å². The lowest BCUT2D eigenvalue weighted by Gasteiger charge is -2.28. The van der Waals surface area contributed by atoms with Crippen LogP contribution in [-0.2, 0) is 6.42 Å². The van der Waals surface area contributed by atoms with Gasteiger partial charge in [0, 0.05) is 18.3 Å². The second-order valence-electron chi connectivity index (χ2n) is 5.65. The molecule has 1 heterocycles. The smallest absolute Gasteiger partial charge is 0.0605 e. The quantitative estimate of drug-likeness (QED) is 0.866. The minimum atomic E-state index is 0.451. The number of nitrogens with zero attached hydrogens (tertiary/aromatic N) is 2. The van der Waals surface area contributed by atoms with Crippen molar-refractivity contribution < 1.29 is 0 Å². The highest BCUT2D eigenvalue weighted by molar-refractivity contribution is 5.25. The normalized spacial score (nSPS) is 20.8. The summed E-state index contributed by atoms with van der Waals surface area (Å²) in [5, 5.41) is 3.74. The Morgan fingerprint density at radius 1 is 1.50 bits per heavy atom. The first-order valence-corrected chi connectivity index (χ1v) is 7.01. The van der Waals surface area contributed by atoms with Gasteiger partial charge in [0.1, 0.15) is 0 Å². The summed E-state index contributed by atoms with van der Waals surface area (Å²) in [6, 6.07) is 5.27. The third-order valence-corrected chi connectivity index (χ3v) is 3.69. The monoisotopic (exact) mass is 247 g/mol. The number of aromatic nitrogens is 1. The first-order chi connectivity index (χ1) is 8.66. The van der Waals surface area contributed by atoms with Crippen LogP contribution in [0.1, 0.15) is 43.5 Å². The second kappa shape index (κ2) is 6.30. The van der Waals surface area contributed by atoms with Gasteiger partial charge in [0.2, 0.25) is 0 Å². The lowest BCUT2D eigenvalue weighted by Crippen LogP contribution is -2.35. The Hall–Kier alpha value is -0.930. The first kappa shape index (κ1) is 13.5. The predicted octanol–water partition coefficient (Wildman–Crippen LogP) is 2.39. The summed E-state index contributed by atoms with van der Waals surface area (Å²) in [5.74, 6) is 0. The predicted molar refractivity (Wildman–Crippen MR) is 75.7 cm³/mol. The Morgan fingerprint density at radius 3 is 3.11 bits per heavy atom. The summed E-state index contributed by atoms with van der Waals surface area (Å²) in [6.07, 6.45) is 6.79. The van der Waals surface area contributed by atoms with Crippen molar-refractivity contribution in [2.24, 2.45) is 0 Å². The van der Waals surface area contributed by atoms with Crippen LogP contribution in [0.3, 0.4) is 0 Å². The van der Waals surface area contributed by atoms with Gasteiger partial charge in [0.25, 0.3) is 0 Å². The minimum Gasteiger partial charge on any atom is -0.309 e. The summed E-state index contributed by atoms with van der Waals surface area (Å²) in [5.41, 5.74) is 2.71. The molecule has 0 bridgehead atoms. The number of hydrogen-bond acceptors (Lipinski definition) is 3. The van der Waals surface area contributed by atoms with Crippen LogP contribution in [-0.4, -0.2) is 36.6 Å². The first-order valence-electron chi connectivity index (χ1n) is 7.01. The highest BCUT2D eigenvalue weighted by Crippen LogP contribution is 2.28. The van der Waals surface area contributed by atoms with Crippen molar-refractivity contribution in [2.75, 3.05) is 20.6 Å². The van der Waals surface area contributed by atoms with Gasteiger partial charge in [0.15, 0.2) is 0 Å². The van der Waals surface area contributed by atoms with Gasteiger partial charge in [-0.2, -0.15) is 0 Å². The molecule has 0 aromatic carbocycles. The zero-order valence-electron chi connectivity index (χ0n) is 11.8. The van der Waals surface area contributed by atoms with Crippen LogP contribution in [0.2, 0.25) is 0 Å². The lowest BCUT2D eigenvalue weighted by molar-refractivity contribution is 0.335. The van der Waals surface area contributed by atoms with E-state index in [4.69, 9.17) is 0 Å². The number of nitrogens with one attached hydrogen (secondary N) is 1. The summed E-state index contributed by atoms with van der Waals surface area (Å²) in [7, 11) is 4.26. The van der Waals surface area contributed by atoms with E-state index in [9.17, 15) is 0 Å². The molecule has 1 N–H and O–H groups in total. The van der Waals surface area contributed by atoms with Gasteiger partial charge < -0.3 is 10.2 Å². The molecule has 18 heavy (non-hydrogen) atoms. The minimum absolute atomic E-state index is 0.451. The average Bonchev–Trinajstić information content (AvgIpc) is 2.37. The van der Waals surface area contributed by atoms with Gasteiger partial charge in [-0.25, -0.2) is 0 Å². The van der Waals surface area contributed by atoms with Crippen LogP contribution in [0.5, 0.6) is 0 Å². The highest BCUT2D eigenvalue weighted by Gasteiger charge is 2.22. The molecule has 3 heteroatoms. The topological polar surface area (TPSA) is 28.2 Å². The summed E-state index contributed by atoms with van der Waals surface area (Å²) < 4.78 is 0. The van der Waals surface area contributed by atoms with Crippen molar-refractivity contribution in [1.82, 2.24) is 15.2 Å². The maximum atomic E-state index is 4.58. The van der Waals surface area contributed by atoms with E-state index in [1.807, 2.05) is 6.20 Å². The Labute approximate surface area is 111 Å². The van der Waals surface area contributed by atoms with Crippen LogP contribution in [0.15, 0.2) is 18.3 Å². The molecule has 0 aliphatic heterocycles. The number of fused-ring (bicyclic) bond motifs is 1. The maximum absolute atomic E-state index is 4.58. The van der Waals surface area contributed by atoms with E-state index >= 15 is 0 Å². The maximum Gasteiger partial charge on any atom is 0.0605 e. The van der Waals surface area contributed by atoms with Gasteiger partial charge in [-0.05, 0) is 64.9 Å². The van der Waals surface area contributed by atoms with Crippen LogP contribution < -0.4 is 5.32 Å². The Kier molecular flexibility index (Phi) is 4.72. The summed E-state index contributed by atoms with van der Waals surface area (Å²) in [6.45, 7) is 3.41. The van der Waals surface area contributed by atoms with Gasteiger partial charge in [-0.1, -0.05) is 6.07 Å². The van der Waals surface area contributed by atoms with Gasteiger partial charge in [-0.15, -0.1) is 0 Å². The molecule has 1 aromatic heterocycles. The molecule has 2 atom stereocenters. The van der Waals surface area contributed by atoms with Crippen LogP contribution in [0, 0.1) is 0 Å². The molecule has 0 fully saturated rings. The van der Waals surface area contributed by atoms with E-state index < -0.39 is 0 Å². The molecular formula is C15H25N3. The molecule has 2 unspecified atom stereocenters. The third kappa shape index (κ3) is 3.53. The molecule has 3 nitrogen and oxygen atoms in total. The van der Waals surface area contributed by atoms with Gasteiger partial charge >= 0.3 is 0 Å². The van der Waals surface area contributed by atoms with Gasteiger partial charge in [-0.3, -0.25) is 4.98 Å². The van der Waals surface area contributed by atoms with E-state index in [0.29, 0.717) is 12.1 Å². The van der Waals surface area contributed by atoms with E-state index in [1.54, 1.807) is 0 Å². The molecule has 100 valence electrons. The largest absolute Gasteiger partial charge is 0.309 e. The molecule has 0 saturated heterocycles. The molecule has 0 radical (unpaired) electrons. The molecular weight excluding hydrogens is 222 g/mol. The van der Waals surface area contributed by atoms with Crippen LogP contribution >= 0.6 is 0 Å². The van der Waals surface area contributed by atoms with E-state index in [-0.39, 0.29) is 0 Å². The average molecular weight is 247 g/mol. The zero-order chi connectivity index (χ0) is 13.0. The Morgan fingerprint density at radius 2 is 2.33 bits per heavy atom. The fraction of sp³-hybridized carbons (Fsp3) is 0.667. The van der Waals surface area contributed by atoms with Crippen molar-refractivity contribution in [1.29, 1.82) is 0 Å². The molecule has 1 aliphatic carbocycles. The van der Waals surface area contributed by atoms with Crippen LogP contribution in [0.25, 0.3) is 0 Å². The third-order valence-electron chi connectivity index (χ3n) is 3.69. The fourth-order valence-electron chi connectivity index (χ4n) is 2.65. The second-order valence-corrected chi connectivity index (χ2v) is 5.65. The highest BCUT2D eigenvalue weighted by atomic mass is 15.1. The van der Waals surface area contributed by atoms with Crippen molar-refractivity contribution in [3.8, 4) is 0 Å². The standard InChI is InChI=1S/C15H25N3/c1-12(9-11-18(2)3)17-14-8-4-6-13-7-5-10-16-15(13)14/h5,7,10,12,14,17H,4,6,8-9,11H2,1-3H3. The Bertz CT molecular complexity index is 376. The molecule has 1 aromatic rings. The molecule has 1 aliphatic rings. The Balaban J connectivity index is 1.94. The van der Waals surface area contributed by atoms with Gasteiger partial charge in [0.05, 0.1) is 5.69 Å². The van der Waals surface area contributed by atoms with E-state index in [1.165, 1.54) is 36.9 Å². The summed E-state index contributed by atoms with van der Waals surface area (Å²) >= 11 is 0. The van der Waals surface area contributed by atoms with Crippen molar-refractivity contribution in [2.45, 2.75) is 44.7 Å². The van der Waals surface area contributed by atoms with E-state index in [0.717, 1.165) is 6.54 Å². The number of rotatable bonds is 5. The number of pyridine rings is 1. The van der Waals surface area contributed by atoms with Crippen molar-refractivity contribution in [3.63, 3.8) is 0 Å². The van der Waals surface area contributed by atoms with Crippen molar-refractivity contribution in [3.05, 3.63) is 29.6 Å². The van der Waals surface area contributed by atoms with E-state index in [2.05, 4.69) is 48.4 Å². The fourth-order valence-corrected chi connectivity index (χ4v) is 2.65. The molecule has 0 saturated carbocycles. The molecule has 2 rings (SSSR count). The lowest BCUT2D eigenvalue weighted by atomic mass is 9.91. The van der Waals surface area contributed by atoms with Crippen molar-refractivity contribution >= 4 is 0 Å². The molecule has 0 spiro atoms. The molecule has 0 amide bonds. The SMILES string of the molecule is CC(CCN(C)C)NC1CCCc2cccnc21.